The van der Waals surface area contributed by atoms with Gasteiger partial charge in [-0.05, 0) is 42.5 Å². The van der Waals surface area contributed by atoms with Gasteiger partial charge in [0.25, 0.3) is 5.91 Å². The van der Waals surface area contributed by atoms with Crippen LogP contribution in [0.1, 0.15) is 43.1 Å². The van der Waals surface area contributed by atoms with E-state index in [0.717, 1.165) is 27.4 Å². The number of alkyl halides is 1. The third kappa shape index (κ3) is 4.92. The van der Waals surface area contributed by atoms with Gasteiger partial charge in [-0.2, -0.15) is 0 Å². The monoisotopic (exact) mass is 389 g/mol. The molecule has 1 unspecified atom stereocenters. The summed E-state index contributed by atoms with van der Waals surface area (Å²) in [7, 11) is 0. The Balaban J connectivity index is 2.88. The predicted octanol–water partition coefficient (Wildman–Crippen LogP) is 4.69. The van der Waals surface area contributed by atoms with Crippen LogP contribution in [0.2, 0.25) is 0 Å². The van der Waals surface area contributed by atoms with Gasteiger partial charge in [-0.25, -0.2) is 0 Å². The maximum absolute atomic E-state index is 12.4. The number of amides is 1. The van der Waals surface area contributed by atoms with Crippen LogP contribution in [0, 0.1) is 12.3 Å². The Kier molecular flexibility index (Phi) is 6.06. The second-order valence-corrected chi connectivity index (χ2v) is 7.54. The van der Waals surface area contributed by atoms with Gasteiger partial charge in [-0.3, -0.25) is 4.79 Å². The zero-order valence-corrected chi connectivity index (χ0v) is 15.1. The minimum atomic E-state index is 0.00544. The molecule has 0 aliphatic heterocycles. The van der Waals surface area contributed by atoms with E-state index >= 15 is 0 Å². The van der Waals surface area contributed by atoms with Gasteiger partial charge in [-0.1, -0.05) is 52.6 Å². The first-order chi connectivity index (χ1) is 8.75. The minimum absolute atomic E-state index is 0.00544. The second kappa shape index (κ2) is 6.89. The van der Waals surface area contributed by atoms with Crippen LogP contribution in [-0.4, -0.2) is 17.3 Å². The van der Waals surface area contributed by atoms with Crippen molar-refractivity contribution in [1.82, 2.24) is 5.32 Å². The van der Waals surface area contributed by atoms with Gasteiger partial charge in [0.1, 0.15) is 0 Å². The van der Waals surface area contributed by atoms with E-state index in [4.69, 9.17) is 0 Å². The van der Waals surface area contributed by atoms with Crippen LogP contribution in [0.5, 0.6) is 0 Å². The lowest BCUT2D eigenvalue weighted by atomic mass is 9.85. The molecule has 0 bridgehead atoms. The highest BCUT2D eigenvalue weighted by Crippen LogP contribution is 2.23. The summed E-state index contributed by atoms with van der Waals surface area (Å²) in [5.41, 5.74) is 1.78. The van der Waals surface area contributed by atoms with Crippen molar-refractivity contribution >= 4 is 37.8 Å². The highest BCUT2D eigenvalue weighted by atomic mass is 79.9. The molecule has 1 N–H and O–H groups in total. The van der Waals surface area contributed by atoms with Gasteiger partial charge in [0, 0.05) is 21.4 Å². The van der Waals surface area contributed by atoms with E-state index in [-0.39, 0.29) is 17.4 Å². The van der Waals surface area contributed by atoms with Crippen LogP contribution in [0.25, 0.3) is 0 Å². The molecule has 4 heteroatoms. The maximum Gasteiger partial charge on any atom is 0.251 e. The Morgan fingerprint density at radius 1 is 1.37 bits per heavy atom. The lowest BCUT2D eigenvalue weighted by Gasteiger charge is -2.31. The number of rotatable bonds is 4. The van der Waals surface area contributed by atoms with Crippen LogP contribution in [0.3, 0.4) is 0 Å². The van der Waals surface area contributed by atoms with Gasteiger partial charge in [-0.15, -0.1) is 0 Å². The van der Waals surface area contributed by atoms with Crippen molar-refractivity contribution in [3.63, 3.8) is 0 Å². The zero-order valence-electron chi connectivity index (χ0n) is 11.9. The van der Waals surface area contributed by atoms with Crippen molar-refractivity contribution in [1.29, 1.82) is 0 Å². The molecule has 0 saturated carbocycles. The van der Waals surface area contributed by atoms with Crippen LogP contribution in [-0.2, 0) is 0 Å². The predicted molar refractivity (Wildman–Crippen MR) is 88.0 cm³/mol. The van der Waals surface area contributed by atoms with Crippen LogP contribution in [0.15, 0.2) is 22.7 Å². The number of carbonyl (C=O) groups is 1. The molecule has 0 spiro atoms. The number of aryl methyl sites for hydroxylation is 1. The van der Waals surface area contributed by atoms with E-state index in [9.17, 15) is 4.79 Å². The van der Waals surface area contributed by atoms with E-state index in [1.165, 1.54) is 0 Å². The van der Waals surface area contributed by atoms with Gasteiger partial charge in [0.15, 0.2) is 0 Å². The number of hydrogen-bond acceptors (Lipinski definition) is 1. The number of carbonyl (C=O) groups excluding carboxylic acids is 1. The summed E-state index contributed by atoms with van der Waals surface area (Å²) < 4.78 is 0.995. The molecule has 106 valence electrons. The Morgan fingerprint density at radius 2 is 2.00 bits per heavy atom. The molecule has 19 heavy (non-hydrogen) atoms. The summed E-state index contributed by atoms with van der Waals surface area (Å²) in [6.07, 6.45) is 0.921. The summed E-state index contributed by atoms with van der Waals surface area (Å²) >= 11 is 6.87. The van der Waals surface area contributed by atoms with Crippen molar-refractivity contribution in [2.75, 3.05) is 5.33 Å². The van der Waals surface area contributed by atoms with E-state index in [2.05, 4.69) is 57.9 Å². The smallest absolute Gasteiger partial charge is 0.251 e. The maximum atomic E-state index is 12.4. The average molecular weight is 391 g/mol. The molecule has 1 amide bonds. The third-order valence-corrected chi connectivity index (χ3v) is 4.13. The molecule has 0 aromatic heterocycles. The van der Waals surface area contributed by atoms with Gasteiger partial charge >= 0.3 is 0 Å². The van der Waals surface area contributed by atoms with E-state index in [1.807, 2.05) is 25.1 Å². The number of halogens is 2. The fourth-order valence-corrected chi connectivity index (χ4v) is 2.88. The summed E-state index contributed by atoms with van der Waals surface area (Å²) in [5, 5.41) is 4.03. The minimum Gasteiger partial charge on any atom is -0.349 e. The molecule has 1 aromatic carbocycles. The molecule has 0 fully saturated rings. The molecular formula is C15H21Br2NO. The first-order valence-electron chi connectivity index (χ1n) is 6.38. The summed E-state index contributed by atoms with van der Waals surface area (Å²) in [5.74, 6) is 0.00544. The highest BCUT2D eigenvalue weighted by Gasteiger charge is 2.26. The molecule has 0 aliphatic rings. The topological polar surface area (TPSA) is 29.1 Å². The van der Waals surface area contributed by atoms with Crippen molar-refractivity contribution < 1.29 is 4.79 Å². The quantitative estimate of drug-likeness (QED) is 0.742. The number of benzene rings is 1. The molecule has 1 atom stereocenters. The standard InChI is InChI=1S/C15H21Br2NO/c1-10-9-11(17)5-6-12(10)14(19)18-13(7-8-16)15(2,3)4/h5-6,9,13H,7-8H2,1-4H3,(H,18,19). The molecule has 2 nitrogen and oxygen atoms in total. The third-order valence-electron chi connectivity index (χ3n) is 3.18. The second-order valence-electron chi connectivity index (χ2n) is 5.83. The summed E-state index contributed by atoms with van der Waals surface area (Å²) in [6, 6.07) is 5.88. The Morgan fingerprint density at radius 3 is 2.47 bits per heavy atom. The largest absolute Gasteiger partial charge is 0.349 e. The number of hydrogen-bond donors (Lipinski definition) is 1. The first kappa shape index (κ1) is 16.7. The normalized spacial score (nSPS) is 13.2. The van der Waals surface area contributed by atoms with Crippen LogP contribution < -0.4 is 5.32 Å². The van der Waals surface area contributed by atoms with Crippen molar-refractivity contribution in [3.8, 4) is 0 Å². The van der Waals surface area contributed by atoms with Crippen molar-refractivity contribution in [2.24, 2.45) is 5.41 Å². The fourth-order valence-electron chi connectivity index (χ4n) is 1.95. The van der Waals surface area contributed by atoms with Gasteiger partial charge in [0.05, 0.1) is 0 Å². The number of nitrogens with one attached hydrogen (secondary N) is 1. The lowest BCUT2D eigenvalue weighted by molar-refractivity contribution is 0.0900. The Labute approximate surface area is 132 Å². The molecule has 0 saturated heterocycles. The lowest BCUT2D eigenvalue weighted by Crippen LogP contribution is -2.44. The highest BCUT2D eigenvalue weighted by molar-refractivity contribution is 9.10. The molecule has 1 rings (SSSR count). The van der Waals surface area contributed by atoms with Crippen molar-refractivity contribution in [2.45, 2.75) is 40.2 Å². The van der Waals surface area contributed by atoms with Gasteiger partial charge in [0.2, 0.25) is 0 Å². The SMILES string of the molecule is Cc1cc(Br)ccc1C(=O)NC(CCBr)C(C)(C)C. The van der Waals surface area contributed by atoms with Crippen LogP contribution >= 0.6 is 31.9 Å². The zero-order chi connectivity index (χ0) is 14.6. The fraction of sp³-hybridized carbons (Fsp3) is 0.533. The molecular weight excluding hydrogens is 370 g/mol. The van der Waals surface area contributed by atoms with E-state index in [1.54, 1.807) is 0 Å². The van der Waals surface area contributed by atoms with Gasteiger partial charge < -0.3 is 5.32 Å². The first-order valence-corrected chi connectivity index (χ1v) is 8.30. The Bertz CT molecular complexity index is 452. The molecule has 0 aliphatic carbocycles. The summed E-state index contributed by atoms with van der Waals surface area (Å²) in [6.45, 7) is 8.40. The Hall–Kier alpha value is -0.350. The average Bonchev–Trinajstić information content (AvgIpc) is 2.26. The van der Waals surface area contributed by atoms with Crippen LogP contribution in [0.4, 0.5) is 0 Å². The van der Waals surface area contributed by atoms with E-state index < -0.39 is 0 Å². The molecule has 0 heterocycles. The van der Waals surface area contributed by atoms with Crippen molar-refractivity contribution in [3.05, 3.63) is 33.8 Å². The summed E-state index contributed by atoms with van der Waals surface area (Å²) in [4.78, 5) is 12.4. The van der Waals surface area contributed by atoms with E-state index in [0.29, 0.717) is 0 Å². The molecule has 1 aromatic rings. The molecule has 0 radical (unpaired) electrons.